The molecule has 0 saturated heterocycles. The number of carbonyl (C=O) groups is 1. The fraction of sp³-hybridized carbons (Fsp3) is 0.222. The van der Waals surface area contributed by atoms with E-state index >= 15 is 0 Å². The molecule has 0 amide bonds. The van der Waals surface area contributed by atoms with Gasteiger partial charge in [0.1, 0.15) is 6.54 Å². The molecular formula is C18H21NO2. The fourth-order valence-electron chi connectivity index (χ4n) is 1.89. The van der Waals surface area contributed by atoms with Crippen molar-refractivity contribution < 1.29 is 9.53 Å². The lowest BCUT2D eigenvalue weighted by Crippen LogP contribution is -2.11. The summed E-state index contributed by atoms with van der Waals surface area (Å²) in [5, 5.41) is 0. The molecule has 0 fully saturated rings. The first-order valence-corrected chi connectivity index (χ1v) is 6.62. The highest BCUT2D eigenvalue weighted by Gasteiger charge is 2.07. The van der Waals surface area contributed by atoms with Crippen molar-refractivity contribution in [1.82, 2.24) is 0 Å². The lowest BCUT2D eigenvalue weighted by atomic mass is 10.0. The number of aliphatic imine (C=N–C) groups is 1. The minimum Gasteiger partial charge on any atom is -0.465 e. The van der Waals surface area contributed by atoms with Gasteiger partial charge in [-0.2, -0.15) is 0 Å². The van der Waals surface area contributed by atoms with Gasteiger partial charge in [0.2, 0.25) is 0 Å². The minimum atomic E-state index is -0.308. The van der Waals surface area contributed by atoms with Crippen LogP contribution in [0.3, 0.4) is 0 Å². The molecule has 2 aromatic carbocycles. The van der Waals surface area contributed by atoms with E-state index in [0.717, 1.165) is 16.8 Å². The standard InChI is InChI=1S/C17H17NO2.CH4/c1-2-20-16(19)13-18-17(14-9-5-3-6-10-14)15-11-7-4-8-12-15;/h3-12H,2,13H2,1H3;1H4. The van der Waals surface area contributed by atoms with Crippen LogP contribution in [0, 0.1) is 0 Å². The van der Waals surface area contributed by atoms with Gasteiger partial charge in [0.25, 0.3) is 0 Å². The second-order valence-corrected chi connectivity index (χ2v) is 4.20. The molecule has 0 spiro atoms. The Morgan fingerprint density at radius 3 is 1.86 bits per heavy atom. The Hall–Kier alpha value is -2.42. The van der Waals surface area contributed by atoms with Crippen LogP contribution in [-0.4, -0.2) is 24.8 Å². The van der Waals surface area contributed by atoms with E-state index in [0.29, 0.717) is 6.61 Å². The van der Waals surface area contributed by atoms with Crippen molar-refractivity contribution in [2.45, 2.75) is 14.4 Å². The van der Waals surface area contributed by atoms with E-state index in [1.165, 1.54) is 0 Å². The van der Waals surface area contributed by atoms with E-state index in [2.05, 4.69) is 4.99 Å². The minimum absolute atomic E-state index is 0. The van der Waals surface area contributed by atoms with Gasteiger partial charge in [0.15, 0.2) is 0 Å². The van der Waals surface area contributed by atoms with Crippen LogP contribution >= 0.6 is 0 Å². The summed E-state index contributed by atoms with van der Waals surface area (Å²) in [7, 11) is 0. The van der Waals surface area contributed by atoms with Crippen molar-refractivity contribution >= 4 is 11.7 Å². The molecule has 2 aromatic rings. The summed E-state index contributed by atoms with van der Waals surface area (Å²) in [5.74, 6) is -0.308. The Labute approximate surface area is 126 Å². The van der Waals surface area contributed by atoms with E-state index < -0.39 is 0 Å². The highest BCUT2D eigenvalue weighted by atomic mass is 16.5. The quantitative estimate of drug-likeness (QED) is 0.619. The second kappa shape index (κ2) is 8.69. The molecule has 0 aliphatic carbocycles. The van der Waals surface area contributed by atoms with Gasteiger partial charge in [-0.25, -0.2) is 0 Å². The monoisotopic (exact) mass is 283 g/mol. The van der Waals surface area contributed by atoms with E-state index in [1.54, 1.807) is 6.92 Å². The molecule has 2 rings (SSSR count). The molecule has 0 bridgehead atoms. The molecule has 0 unspecified atom stereocenters. The van der Waals surface area contributed by atoms with Gasteiger partial charge in [-0.15, -0.1) is 0 Å². The third-order valence-corrected chi connectivity index (χ3v) is 2.77. The van der Waals surface area contributed by atoms with Crippen LogP contribution < -0.4 is 0 Å². The van der Waals surface area contributed by atoms with Crippen molar-refractivity contribution in [3.05, 3.63) is 71.8 Å². The lowest BCUT2D eigenvalue weighted by molar-refractivity contribution is -0.141. The second-order valence-electron chi connectivity index (χ2n) is 4.20. The Kier molecular flexibility index (Phi) is 6.88. The average molecular weight is 283 g/mol. The summed E-state index contributed by atoms with van der Waals surface area (Å²) < 4.78 is 4.92. The predicted molar refractivity (Wildman–Crippen MR) is 86.8 cm³/mol. The van der Waals surface area contributed by atoms with Crippen LogP contribution in [0.15, 0.2) is 65.7 Å². The van der Waals surface area contributed by atoms with Crippen LogP contribution in [0.25, 0.3) is 0 Å². The van der Waals surface area contributed by atoms with Gasteiger partial charge in [0, 0.05) is 11.1 Å². The Morgan fingerprint density at radius 2 is 1.43 bits per heavy atom. The van der Waals surface area contributed by atoms with E-state index in [-0.39, 0.29) is 19.9 Å². The van der Waals surface area contributed by atoms with Crippen LogP contribution in [0.4, 0.5) is 0 Å². The smallest absolute Gasteiger partial charge is 0.327 e. The molecule has 0 radical (unpaired) electrons. The average Bonchev–Trinajstić information content (AvgIpc) is 2.50. The molecule has 3 nitrogen and oxygen atoms in total. The number of esters is 1. The zero-order valence-corrected chi connectivity index (χ0v) is 11.5. The van der Waals surface area contributed by atoms with Crippen LogP contribution in [-0.2, 0) is 9.53 Å². The van der Waals surface area contributed by atoms with Gasteiger partial charge in [-0.1, -0.05) is 68.1 Å². The normalized spacial score (nSPS) is 9.38. The molecule has 110 valence electrons. The highest BCUT2D eigenvalue weighted by molar-refractivity contribution is 6.13. The molecule has 0 N–H and O–H groups in total. The number of nitrogens with zero attached hydrogens (tertiary/aromatic N) is 1. The van der Waals surface area contributed by atoms with Crippen molar-refractivity contribution in [2.24, 2.45) is 4.99 Å². The Bertz CT molecular complexity index is 535. The number of carbonyl (C=O) groups excluding carboxylic acids is 1. The largest absolute Gasteiger partial charge is 0.465 e. The van der Waals surface area contributed by atoms with Crippen LogP contribution in [0.2, 0.25) is 0 Å². The maximum atomic E-state index is 11.5. The van der Waals surface area contributed by atoms with Gasteiger partial charge in [-0.05, 0) is 6.92 Å². The number of rotatable bonds is 5. The molecule has 0 saturated carbocycles. The zero-order valence-electron chi connectivity index (χ0n) is 11.5. The molecule has 21 heavy (non-hydrogen) atoms. The summed E-state index contributed by atoms with van der Waals surface area (Å²) in [6.07, 6.45) is 0. The first kappa shape index (κ1) is 16.6. The van der Waals surface area contributed by atoms with Crippen molar-refractivity contribution in [3.8, 4) is 0 Å². The summed E-state index contributed by atoms with van der Waals surface area (Å²) in [6.45, 7) is 2.20. The van der Waals surface area contributed by atoms with E-state index in [1.807, 2.05) is 60.7 Å². The number of hydrogen-bond acceptors (Lipinski definition) is 3. The van der Waals surface area contributed by atoms with Gasteiger partial charge >= 0.3 is 5.97 Å². The van der Waals surface area contributed by atoms with E-state index in [9.17, 15) is 4.79 Å². The highest BCUT2D eigenvalue weighted by Crippen LogP contribution is 2.10. The Morgan fingerprint density at radius 1 is 0.952 bits per heavy atom. The first-order chi connectivity index (χ1) is 9.81. The van der Waals surface area contributed by atoms with Crippen LogP contribution in [0.1, 0.15) is 25.5 Å². The summed E-state index contributed by atoms with van der Waals surface area (Å²) in [4.78, 5) is 15.9. The summed E-state index contributed by atoms with van der Waals surface area (Å²) in [5.41, 5.74) is 2.78. The lowest BCUT2D eigenvalue weighted by Gasteiger charge is -2.07. The molecule has 0 aromatic heterocycles. The van der Waals surface area contributed by atoms with Gasteiger partial charge in [0.05, 0.1) is 12.3 Å². The Balaban J connectivity index is 0.00000220. The van der Waals surface area contributed by atoms with E-state index in [4.69, 9.17) is 4.74 Å². The molecule has 3 heteroatoms. The topological polar surface area (TPSA) is 38.7 Å². The summed E-state index contributed by atoms with van der Waals surface area (Å²) >= 11 is 0. The first-order valence-electron chi connectivity index (χ1n) is 6.62. The SMILES string of the molecule is C.CCOC(=O)CN=C(c1ccccc1)c1ccccc1. The van der Waals surface area contributed by atoms with Gasteiger partial charge < -0.3 is 4.74 Å². The number of hydrogen-bond donors (Lipinski definition) is 0. The maximum Gasteiger partial charge on any atom is 0.327 e. The molecule has 0 aliphatic rings. The van der Waals surface area contributed by atoms with Crippen molar-refractivity contribution in [2.75, 3.05) is 13.2 Å². The van der Waals surface area contributed by atoms with Gasteiger partial charge in [-0.3, -0.25) is 9.79 Å². The van der Waals surface area contributed by atoms with Crippen molar-refractivity contribution in [1.29, 1.82) is 0 Å². The summed E-state index contributed by atoms with van der Waals surface area (Å²) in [6, 6.07) is 19.7. The molecular weight excluding hydrogens is 262 g/mol. The van der Waals surface area contributed by atoms with Crippen LogP contribution in [0.5, 0.6) is 0 Å². The third kappa shape index (κ3) is 4.88. The molecule has 0 aliphatic heterocycles. The fourth-order valence-corrected chi connectivity index (χ4v) is 1.89. The maximum absolute atomic E-state index is 11.5. The zero-order chi connectivity index (χ0) is 14.2. The van der Waals surface area contributed by atoms with Crippen molar-refractivity contribution in [3.63, 3.8) is 0 Å². The third-order valence-electron chi connectivity index (χ3n) is 2.77. The molecule has 0 heterocycles. The predicted octanol–water partition coefficient (Wildman–Crippen LogP) is 3.72. The molecule has 0 atom stereocenters. The number of ether oxygens (including phenoxy) is 1. The number of benzene rings is 2.